The van der Waals surface area contributed by atoms with Gasteiger partial charge in [-0.2, -0.15) is 0 Å². The molecule has 1 saturated heterocycles. The highest BCUT2D eigenvalue weighted by atomic mass is 19.1. The van der Waals surface area contributed by atoms with Crippen LogP contribution in [-0.4, -0.2) is 42.2 Å². The van der Waals surface area contributed by atoms with Crippen molar-refractivity contribution in [3.63, 3.8) is 0 Å². The van der Waals surface area contributed by atoms with E-state index in [2.05, 4.69) is 5.32 Å². The quantitative estimate of drug-likeness (QED) is 0.883. The molecule has 2 rings (SSSR count). The molecule has 0 aromatic heterocycles. The summed E-state index contributed by atoms with van der Waals surface area (Å²) in [5.41, 5.74) is -0.409. The predicted octanol–water partition coefficient (Wildman–Crippen LogP) is 1.61. The van der Waals surface area contributed by atoms with Gasteiger partial charge in [-0.05, 0) is 37.4 Å². The first-order valence-corrected chi connectivity index (χ1v) is 6.67. The smallest absolute Gasteiger partial charge is 0.238 e. The summed E-state index contributed by atoms with van der Waals surface area (Å²) in [4.78, 5) is 13.7. The van der Waals surface area contributed by atoms with E-state index >= 15 is 0 Å². The Morgan fingerprint density at radius 3 is 2.75 bits per heavy atom. The number of amides is 1. The molecule has 1 aliphatic rings. The van der Waals surface area contributed by atoms with Crippen LogP contribution in [0.5, 0.6) is 0 Å². The molecule has 1 heterocycles. The minimum absolute atomic E-state index is 0.0737. The van der Waals surface area contributed by atoms with Crippen molar-refractivity contribution >= 4 is 11.6 Å². The molecule has 6 heteroatoms. The van der Waals surface area contributed by atoms with Gasteiger partial charge in [-0.15, -0.1) is 0 Å². The molecule has 2 N–H and O–H groups in total. The second kappa shape index (κ2) is 6.76. The topological polar surface area (TPSA) is 52.6 Å². The van der Waals surface area contributed by atoms with Crippen molar-refractivity contribution in [3.05, 3.63) is 29.8 Å². The van der Waals surface area contributed by atoms with Gasteiger partial charge in [0.15, 0.2) is 0 Å². The number of rotatable bonds is 4. The number of benzene rings is 1. The van der Waals surface area contributed by atoms with Crippen molar-refractivity contribution in [1.82, 2.24) is 4.90 Å². The molecular weight excluding hydrogens is 266 g/mol. The first-order chi connectivity index (χ1) is 9.60. The molecular formula is C14H18F2N2O2. The Labute approximate surface area is 116 Å². The summed E-state index contributed by atoms with van der Waals surface area (Å²) in [5, 5.41) is 11.4. The number of aliphatic hydroxyl groups is 1. The third-order valence-electron chi connectivity index (χ3n) is 3.46. The first kappa shape index (κ1) is 14.9. The largest absolute Gasteiger partial charge is 0.396 e. The Kier molecular flexibility index (Phi) is 5.03. The SMILES string of the molecule is O=C(CN1CCCC(CO)C1)Nc1c(F)cccc1F. The van der Waals surface area contributed by atoms with E-state index in [0.717, 1.165) is 31.5 Å². The van der Waals surface area contributed by atoms with Crippen LogP contribution < -0.4 is 5.32 Å². The van der Waals surface area contributed by atoms with Gasteiger partial charge in [0.2, 0.25) is 5.91 Å². The monoisotopic (exact) mass is 284 g/mol. The Hall–Kier alpha value is -1.53. The van der Waals surface area contributed by atoms with E-state index in [1.165, 1.54) is 6.07 Å². The van der Waals surface area contributed by atoms with E-state index in [1.807, 2.05) is 4.90 Å². The molecule has 0 radical (unpaired) electrons. The lowest BCUT2D eigenvalue weighted by Crippen LogP contribution is -2.41. The molecule has 110 valence electrons. The first-order valence-electron chi connectivity index (χ1n) is 6.67. The van der Waals surface area contributed by atoms with Crippen molar-refractivity contribution in [3.8, 4) is 0 Å². The molecule has 0 saturated carbocycles. The standard InChI is InChI=1S/C14H18F2N2O2/c15-11-4-1-5-12(16)14(11)17-13(20)8-18-6-2-3-10(7-18)9-19/h1,4-5,10,19H,2-3,6-9H2,(H,17,20). The van der Waals surface area contributed by atoms with Gasteiger partial charge < -0.3 is 10.4 Å². The highest BCUT2D eigenvalue weighted by Gasteiger charge is 2.21. The van der Waals surface area contributed by atoms with Crippen LogP contribution in [0.1, 0.15) is 12.8 Å². The minimum Gasteiger partial charge on any atom is -0.396 e. The Morgan fingerprint density at radius 2 is 2.10 bits per heavy atom. The molecule has 1 amide bonds. The lowest BCUT2D eigenvalue weighted by molar-refractivity contribution is -0.117. The lowest BCUT2D eigenvalue weighted by Gasteiger charge is -2.31. The normalized spacial score (nSPS) is 19.9. The molecule has 0 aliphatic carbocycles. The summed E-state index contributed by atoms with van der Waals surface area (Å²) in [6.45, 7) is 1.55. The van der Waals surface area contributed by atoms with Crippen molar-refractivity contribution in [2.75, 3.05) is 31.6 Å². The molecule has 0 bridgehead atoms. The number of hydrogen-bond acceptors (Lipinski definition) is 3. The number of likely N-dealkylation sites (tertiary alicyclic amines) is 1. The maximum absolute atomic E-state index is 13.4. The van der Waals surface area contributed by atoms with Gasteiger partial charge in [0, 0.05) is 13.2 Å². The number of nitrogens with zero attached hydrogens (tertiary/aromatic N) is 1. The van der Waals surface area contributed by atoms with Crippen molar-refractivity contribution in [2.45, 2.75) is 12.8 Å². The predicted molar refractivity (Wildman–Crippen MR) is 71.2 cm³/mol. The van der Waals surface area contributed by atoms with Crippen LogP contribution in [0.4, 0.5) is 14.5 Å². The van der Waals surface area contributed by atoms with Crippen molar-refractivity contribution < 1.29 is 18.7 Å². The van der Waals surface area contributed by atoms with E-state index in [0.29, 0.717) is 6.54 Å². The van der Waals surface area contributed by atoms with Gasteiger partial charge in [-0.3, -0.25) is 9.69 Å². The van der Waals surface area contributed by atoms with Crippen LogP contribution in [0, 0.1) is 17.6 Å². The van der Waals surface area contributed by atoms with Crippen molar-refractivity contribution in [1.29, 1.82) is 0 Å². The van der Waals surface area contributed by atoms with Gasteiger partial charge in [0.25, 0.3) is 0 Å². The fraction of sp³-hybridized carbons (Fsp3) is 0.500. The number of halogens is 2. The highest BCUT2D eigenvalue weighted by Crippen LogP contribution is 2.19. The summed E-state index contributed by atoms with van der Waals surface area (Å²) < 4.78 is 26.8. The summed E-state index contributed by atoms with van der Waals surface area (Å²) in [6, 6.07) is 3.44. The van der Waals surface area contributed by atoms with E-state index < -0.39 is 23.2 Å². The third-order valence-corrected chi connectivity index (χ3v) is 3.46. The van der Waals surface area contributed by atoms with Gasteiger partial charge in [0.1, 0.15) is 17.3 Å². The Bertz CT molecular complexity index is 462. The summed E-state index contributed by atoms with van der Waals surface area (Å²) >= 11 is 0. The van der Waals surface area contributed by atoms with E-state index in [4.69, 9.17) is 5.11 Å². The molecule has 1 aliphatic heterocycles. The fourth-order valence-corrected chi connectivity index (χ4v) is 2.44. The van der Waals surface area contributed by atoms with Crippen LogP contribution in [0.2, 0.25) is 0 Å². The summed E-state index contributed by atoms with van der Waals surface area (Å²) in [6.07, 6.45) is 1.85. The number of piperidine rings is 1. The lowest BCUT2D eigenvalue weighted by atomic mass is 9.99. The van der Waals surface area contributed by atoms with Crippen LogP contribution in [0.15, 0.2) is 18.2 Å². The van der Waals surface area contributed by atoms with Crippen LogP contribution in [-0.2, 0) is 4.79 Å². The summed E-state index contributed by atoms with van der Waals surface area (Å²) in [5.74, 6) is -1.86. The molecule has 20 heavy (non-hydrogen) atoms. The minimum atomic E-state index is -0.787. The van der Waals surface area contributed by atoms with E-state index in [1.54, 1.807) is 0 Å². The van der Waals surface area contributed by atoms with Crippen LogP contribution in [0.3, 0.4) is 0 Å². The number of carbonyl (C=O) groups is 1. The molecule has 1 atom stereocenters. The number of para-hydroxylation sites is 1. The maximum Gasteiger partial charge on any atom is 0.238 e. The maximum atomic E-state index is 13.4. The fourth-order valence-electron chi connectivity index (χ4n) is 2.44. The number of carbonyl (C=O) groups excluding carboxylic acids is 1. The number of hydrogen-bond donors (Lipinski definition) is 2. The zero-order chi connectivity index (χ0) is 14.5. The Balaban J connectivity index is 1.92. The number of nitrogens with one attached hydrogen (secondary N) is 1. The van der Waals surface area contributed by atoms with Gasteiger partial charge in [-0.25, -0.2) is 8.78 Å². The second-order valence-electron chi connectivity index (χ2n) is 5.07. The van der Waals surface area contributed by atoms with Crippen molar-refractivity contribution in [2.24, 2.45) is 5.92 Å². The zero-order valence-corrected chi connectivity index (χ0v) is 11.1. The zero-order valence-electron chi connectivity index (χ0n) is 11.1. The molecule has 1 aromatic carbocycles. The number of aliphatic hydroxyl groups excluding tert-OH is 1. The second-order valence-corrected chi connectivity index (χ2v) is 5.07. The molecule has 1 aromatic rings. The van der Waals surface area contributed by atoms with Gasteiger partial charge in [0.05, 0.1) is 6.54 Å². The molecule has 1 fully saturated rings. The highest BCUT2D eigenvalue weighted by molar-refractivity contribution is 5.92. The number of anilines is 1. The average Bonchev–Trinajstić information content (AvgIpc) is 2.43. The molecule has 0 spiro atoms. The van der Waals surface area contributed by atoms with Gasteiger partial charge >= 0.3 is 0 Å². The average molecular weight is 284 g/mol. The van der Waals surface area contributed by atoms with Gasteiger partial charge in [-0.1, -0.05) is 6.07 Å². The van der Waals surface area contributed by atoms with Crippen LogP contribution >= 0.6 is 0 Å². The molecule has 4 nitrogen and oxygen atoms in total. The van der Waals surface area contributed by atoms with Crippen LogP contribution in [0.25, 0.3) is 0 Å². The van der Waals surface area contributed by atoms with E-state index in [9.17, 15) is 13.6 Å². The molecule has 1 unspecified atom stereocenters. The van der Waals surface area contributed by atoms with E-state index in [-0.39, 0.29) is 19.1 Å². The Morgan fingerprint density at radius 1 is 1.40 bits per heavy atom. The summed E-state index contributed by atoms with van der Waals surface area (Å²) in [7, 11) is 0. The third kappa shape index (κ3) is 3.74.